The lowest BCUT2D eigenvalue weighted by atomic mass is 10.1. The molecule has 0 amide bonds. The molecule has 0 radical (unpaired) electrons. The summed E-state index contributed by atoms with van der Waals surface area (Å²) in [5.74, 6) is 1.000. The minimum absolute atomic E-state index is 0.114. The van der Waals surface area contributed by atoms with E-state index in [1.807, 2.05) is 0 Å². The normalized spacial score (nSPS) is 18.5. The summed E-state index contributed by atoms with van der Waals surface area (Å²) in [4.78, 5) is 10.2. The van der Waals surface area contributed by atoms with E-state index in [9.17, 15) is 5.11 Å². The Morgan fingerprint density at radius 2 is 1.68 bits per heavy atom. The van der Waals surface area contributed by atoms with Crippen molar-refractivity contribution in [3.8, 4) is 5.75 Å². The maximum absolute atomic E-state index is 9.61. The average molecular weight is 404 g/mol. The number of hydrogen-bond acceptors (Lipinski definition) is 6. The van der Waals surface area contributed by atoms with Crippen molar-refractivity contribution in [1.82, 2.24) is 4.31 Å². The average Bonchev–Trinajstić information content (AvgIpc) is 3.23. The van der Waals surface area contributed by atoms with Crippen LogP contribution in [-0.2, 0) is 9.53 Å². The van der Waals surface area contributed by atoms with Crippen LogP contribution in [0, 0.1) is 0 Å². The summed E-state index contributed by atoms with van der Waals surface area (Å²) in [5, 5.41) is 12.1. The molecule has 0 bridgehead atoms. The lowest BCUT2D eigenvalue weighted by Crippen LogP contribution is -2.30. The molecule has 5 nitrogen and oxygen atoms in total. The van der Waals surface area contributed by atoms with Crippen LogP contribution in [0.15, 0.2) is 41.3 Å². The van der Waals surface area contributed by atoms with Crippen molar-refractivity contribution in [2.75, 3.05) is 20.2 Å². The number of methoxy groups -OCH3 is 1. The Kier molecular flexibility index (Phi) is 8.01. The van der Waals surface area contributed by atoms with Crippen LogP contribution in [-0.4, -0.2) is 48.3 Å². The van der Waals surface area contributed by atoms with E-state index < -0.39 is 0 Å². The number of aliphatic hydroxyl groups is 1. The zero-order valence-electron chi connectivity index (χ0n) is 16.4. The molecule has 1 aliphatic heterocycles. The molecular weight excluding hydrogens is 374 g/mol. The Hall–Kier alpha value is -1.76. The van der Waals surface area contributed by atoms with Gasteiger partial charge in [-0.05, 0) is 85.5 Å². The molecule has 28 heavy (non-hydrogen) atoms. The molecule has 1 saturated heterocycles. The first kappa shape index (κ1) is 21.0. The van der Waals surface area contributed by atoms with Gasteiger partial charge in [0, 0.05) is 18.0 Å². The first-order valence-electron chi connectivity index (χ1n) is 9.96. The molecule has 6 heteroatoms. The number of piperidine rings is 1. The first-order chi connectivity index (χ1) is 13.7. The highest BCUT2D eigenvalue weighted by Crippen LogP contribution is 2.31. The molecule has 1 saturated carbocycles. The van der Waals surface area contributed by atoms with Crippen molar-refractivity contribution >= 4 is 29.2 Å². The van der Waals surface area contributed by atoms with Crippen LogP contribution < -0.4 is 4.74 Å². The second-order valence-corrected chi connectivity index (χ2v) is 8.45. The Balaban J connectivity index is 0.000000516. The highest BCUT2D eigenvalue weighted by molar-refractivity contribution is 7.97. The van der Waals surface area contributed by atoms with Gasteiger partial charge in [-0.1, -0.05) is 12.1 Å². The van der Waals surface area contributed by atoms with Gasteiger partial charge in [-0.15, -0.1) is 0 Å². The van der Waals surface area contributed by atoms with Gasteiger partial charge in [-0.2, -0.15) is 0 Å². The predicted molar refractivity (Wildman–Crippen MR) is 113 cm³/mol. The molecule has 0 aromatic heterocycles. The van der Waals surface area contributed by atoms with Gasteiger partial charge in [0.1, 0.15) is 5.75 Å². The SMILES string of the molecule is COC=O.OC1CCN(Sc2ccc3cc(OC4CCCC4)ccc3c2)CC1. The second-order valence-electron chi connectivity index (χ2n) is 7.28. The zero-order valence-corrected chi connectivity index (χ0v) is 17.2. The Morgan fingerprint density at radius 3 is 2.36 bits per heavy atom. The molecule has 4 rings (SSSR count). The summed E-state index contributed by atoms with van der Waals surface area (Å²) >= 11 is 1.80. The number of nitrogens with zero attached hydrogens (tertiary/aromatic N) is 1. The van der Waals surface area contributed by atoms with Crippen LogP contribution in [0.1, 0.15) is 38.5 Å². The van der Waals surface area contributed by atoms with E-state index in [0.717, 1.165) is 31.7 Å². The monoisotopic (exact) mass is 403 g/mol. The van der Waals surface area contributed by atoms with Crippen molar-refractivity contribution in [3.63, 3.8) is 0 Å². The molecule has 0 atom stereocenters. The zero-order chi connectivity index (χ0) is 19.8. The van der Waals surface area contributed by atoms with Crippen LogP contribution in [0.2, 0.25) is 0 Å². The molecule has 2 aromatic rings. The highest BCUT2D eigenvalue weighted by atomic mass is 32.2. The van der Waals surface area contributed by atoms with Crippen LogP contribution in [0.5, 0.6) is 5.75 Å². The number of carbonyl (C=O) groups excluding carboxylic acids is 1. The van der Waals surface area contributed by atoms with Gasteiger partial charge in [0.2, 0.25) is 0 Å². The van der Waals surface area contributed by atoms with E-state index in [4.69, 9.17) is 9.53 Å². The first-order valence-corrected chi connectivity index (χ1v) is 10.7. The Bertz CT molecular complexity index is 755. The quantitative estimate of drug-likeness (QED) is 0.589. The van der Waals surface area contributed by atoms with Crippen molar-refractivity contribution in [2.24, 2.45) is 0 Å². The molecule has 1 aliphatic carbocycles. The van der Waals surface area contributed by atoms with Gasteiger partial charge >= 0.3 is 0 Å². The minimum Gasteiger partial charge on any atom is -0.490 e. The molecule has 152 valence electrons. The number of aliphatic hydroxyl groups excluding tert-OH is 1. The summed E-state index contributed by atoms with van der Waals surface area (Å²) in [6, 6.07) is 13.1. The van der Waals surface area contributed by atoms with Crippen molar-refractivity contribution in [2.45, 2.75) is 55.6 Å². The van der Waals surface area contributed by atoms with E-state index in [1.54, 1.807) is 11.9 Å². The minimum atomic E-state index is -0.114. The van der Waals surface area contributed by atoms with E-state index in [1.165, 1.54) is 48.5 Å². The highest BCUT2D eigenvalue weighted by Gasteiger charge is 2.18. The van der Waals surface area contributed by atoms with Gasteiger partial charge in [0.05, 0.1) is 19.3 Å². The van der Waals surface area contributed by atoms with Crippen LogP contribution in [0.3, 0.4) is 0 Å². The van der Waals surface area contributed by atoms with Gasteiger partial charge in [0.15, 0.2) is 0 Å². The number of rotatable bonds is 5. The summed E-state index contributed by atoms with van der Waals surface area (Å²) in [5.41, 5.74) is 0. The molecule has 0 spiro atoms. The Labute approximate surface area is 171 Å². The molecule has 1 heterocycles. The van der Waals surface area contributed by atoms with Crippen LogP contribution >= 0.6 is 11.9 Å². The standard InChI is InChI=1S/C20H25NO2S.C2H4O2/c22-17-9-11-21(12-10-17)24-20-8-6-15-13-19(7-5-16(15)14-20)23-18-3-1-2-4-18;1-4-2-3/h5-8,13-14,17-18,22H,1-4,9-12H2;2H,1H3. The third-order valence-electron chi connectivity index (χ3n) is 5.14. The molecule has 2 aliphatic rings. The van der Waals surface area contributed by atoms with E-state index in [-0.39, 0.29) is 6.10 Å². The van der Waals surface area contributed by atoms with Gasteiger partial charge < -0.3 is 14.6 Å². The number of hydrogen-bond donors (Lipinski definition) is 1. The maximum atomic E-state index is 9.61. The van der Waals surface area contributed by atoms with E-state index in [2.05, 4.69) is 45.4 Å². The second kappa shape index (κ2) is 10.7. The predicted octanol–water partition coefficient (Wildman–Crippen LogP) is 4.41. The topological polar surface area (TPSA) is 59.0 Å². The van der Waals surface area contributed by atoms with Gasteiger partial charge in [-0.3, -0.25) is 4.79 Å². The van der Waals surface area contributed by atoms with Crippen molar-refractivity contribution < 1.29 is 19.4 Å². The fourth-order valence-corrected chi connectivity index (χ4v) is 4.61. The van der Waals surface area contributed by atoms with E-state index >= 15 is 0 Å². The molecule has 0 unspecified atom stereocenters. The van der Waals surface area contributed by atoms with Crippen molar-refractivity contribution in [3.05, 3.63) is 36.4 Å². The fourth-order valence-electron chi connectivity index (χ4n) is 3.61. The Morgan fingerprint density at radius 1 is 1.04 bits per heavy atom. The number of carbonyl (C=O) groups is 1. The van der Waals surface area contributed by atoms with Crippen LogP contribution in [0.4, 0.5) is 0 Å². The van der Waals surface area contributed by atoms with Crippen LogP contribution in [0.25, 0.3) is 10.8 Å². The molecule has 2 fully saturated rings. The summed E-state index contributed by atoms with van der Waals surface area (Å²) in [6.45, 7) is 2.29. The summed E-state index contributed by atoms with van der Waals surface area (Å²) in [7, 11) is 1.31. The molecular formula is C22H29NO4S. The fraction of sp³-hybridized carbons (Fsp3) is 0.500. The number of benzene rings is 2. The van der Waals surface area contributed by atoms with Crippen molar-refractivity contribution in [1.29, 1.82) is 0 Å². The van der Waals surface area contributed by atoms with Gasteiger partial charge in [-0.25, -0.2) is 4.31 Å². The largest absolute Gasteiger partial charge is 0.490 e. The lowest BCUT2D eigenvalue weighted by molar-refractivity contribution is -0.126. The third kappa shape index (κ3) is 6.12. The lowest BCUT2D eigenvalue weighted by Gasteiger charge is -2.28. The van der Waals surface area contributed by atoms with Gasteiger partial charge in [0.25, 0.3) is 6.47 Å². The summed E-state index contributed by atoms with van der Waals surface area (Å²) < 4.78 is 12.3. The molecule has 2 aromatic carbocycles. The molecule has 1 N–H and O–H groups in total. The number of ether oxygens (including phenoxy) is 2. The smallest absolute Gasteiger partial charge is 0.292 e. The maximum Gasteiger partial charge on any atom is 0.292 e. The number of fused-ring (bicyclic) bond motifs is 1. The summed E-state index contributed by atoms with van der Waals surface area (Å²) in [6.07, 6.45) is 7.03. The third-order valence-corrected chi connectivity index (χ3v) is 6.23. The van der Waals surface area contributed by atoms with E-state index in [0.29, 0.717) is 12.6 Å².